The zero-order valence-corrected chi connectivity index (χ0v) is 39.8. The summed E-state index contributed by atoms with van der Waals surface area (Å²) in [5.41, 5.74) is 0. The highest BCUT2D eigenvalue weighted by Crippen LogP contribution is 2.14. The van der Waals surface area contributed by atoms with E-state index in [1.54, 1.807) is 0 Å². The summed E-state index contributed by atoms with van der Waals surface area (Å²) in [6.45, 7) is 14.3. The van der Waals surface area contributed by atoms with Crippen molar-refractivity contribution in [1.29, 1.82) is 0 Å². The van der Waals surface area contributed by atoms with Gasteiger partial charge in [-0.1, -0.05) is 188 Å². The van der Waals surface area contributed by atoms with Gasteiger partial charge in [0.25, 0.3) is 0 Å². The molecular formula is C50H101N3O5. The zero-order chi connectivity index (χ0) is 42.4. The Labute approximate surface area is 362 Å². The van der Waals surface area contributed by atoms with Gasteiger partial charge in [-0.15, -0.1) is 5.06 Å². The van der Waals surface area contributed by atoms with Crippen molar-refractivity contribution in [2.45, 2.75) is 239 Å². The highest BCUT2D eigenvalue weighted by molar-refractivity contribution is 5.69. The first kappa shape index (κ1) is 56.8. The molecule has 8 nitrogen and oxygen atoms in total. The second kappa shape index (κ2) is 46.8. The quantitative estimate of drug-likeness (QED) is 0.0341. The van der Waals surface area contributed by atoms with E-state index in [9.17, 15) is 9.59 Å². The SMILES string of the molecule is CCCCCCCCCCN(CCCCCCCCCC)CCOCCOC(=O)CCCCCCCCCN(CCCCCCCCCC)OC(=O)CCCN(C)C. The van der Waals surface area contributed by atoms with Crippen LogP contribution in [-0.2, 0) is 23.9 Å². The third-order valence-electron chi connectivity index (χ3n) is 11.5. The zero-order valence-electron chi connectivity index (χ0n) is 39.8. The second-order valence-electron chi connectivity index (χ2n) is 17.6. The largest absolute Gasteiger partial charge is 0.463 e. The van der Waals surface area contributed by atoms with Gasteiger partial charge in [0.15, 0.2) is 0 Å². The Kier molecular flexibility index (Phi) is 45.9. The van der Waals surface area contributed by atoms with Crippen molar-refractivity contribution >= 4 is 11.9 Å². The number of hydroxylamine groups is 2. The predicted octanol–water partition coefficient (Wildman–Crippen LogP) is 13.5. The molecule has 0 unspecified atom stereocenters. The minimum absolute atomic E-state index is 0.0945. The van der Waals surface area contributed by atoms with Crippen LogP contribution in [0.2, 0.25) is 0 Å². The molecule has 0 heterocycles. The van der Waals surface area contributed by atoms with E-state index in [1.165, 1.54) is 174 Å². The average molecular weight is 824 g/mol. The number of hydrogen-bond acceptors (Lipinski definition) is 8. The van der Waals surface area contributed by atoms with Gasteiger partial charge < -0.3 is 24.1 Å². The molecule has 0 aromatic rings. The van der Waals surface area contributed by atoms with Crippen molar-refractivity contribution in [3.8, 4) is 0 Å². The molecule has 0 rings (SSSR count). The number of nitrogens with zero attached hydrogens (tertiary/aromatic N) is 3. The molecule has 0 aromatic heterocycles. The molecule has 346 valence electrons. The maximum absolute atomic E-state index is 12.5. The van der Waals surface area contributed by atoms with E-state index in [0.717, 1.165) is 71.1 Å². The summed E-state index contributed by atoms with van der Waals surface area (Å²) < 4.78 is 11.4. The molecular weight excluding hydrogens is 723 g/mol. The van der Waals surface area contributed by atoms with Crippen LogP contribution >= 0.6 is 0 Å². The molecule has 0 saturated heterocycles. The summed E-state index contributed by atoms with van der Waals surface area (Å²) in [6.07, 6.45) is 41.5. The molecule has 0 fully saturated rings. The Morgan fingerprint density at radius 3 is 1.17 bits per heavy atom. The number of carbonyl (C=O) groups excluding carboxylic acids is 2. The van der Waals surface area contributed by atoms with Crippen LogP contribution in [0.3, 0.4) is 0 Å². The molecule has 0 aliphatic rings. The van der Waals surface area contributed by atoms with E-state index in [2.05, 4.69) is 30.6 Å². The van der Waals surface area contributed by atoms with Crippen LogP contribution in [0, 0.1) is 0 Å². The van der Waals surface area contributed by atoms with Gasteiger partial charge in [0.05, 0.1) is 13.2 Å². The lowest BCUT2D eigenvalue weighted by Crippen LogP contribution is -2.30. The van der Waals surface area contributed by atoms with Crippen LogP contribution in [0.1, 0.15) is 239 Å². The Balaban J connectivity index is 4.11. The molecule has 0 radical (unpaired) electrons. The van der Waals surface area contributed by atoms with Gasteiger partial charge in [0.1, 0.15) is 6.61 Å². The minimum Gasteiger partial charge on any atom is -0.463 e. The van der Waals surface area contributed by atoms with Gasteiger partial charge in [-0.3, -0.25) is 9.59 Å². The van der Waals surface area contributed by atoms with E-state index in [0.29, 0.717) is 32.7 Å². The molecule has 0 aliphatic carbocycles. The summed E-state index contributed by atoms with van der Waals surface area (Å²) in [5, 5.41) is 1.94. The maximum atomic E-state index is 12.5. The van der Waals surface area contributed by atoms with Crippen molar-refractivity contribution in [2.24, 2.45) is 0 Å². The third kappa shape index (κ3) is 44.3. The number of hydrogen-bond donors (Lipinski definition) is 0. The van der Waals surface area contributed by atoms with Crippen LogP contribution in [0.15, 0.2) is 0 Å². The van der Waals surface area contributed by atoms with E-state index < -0.39 is 0 Å². The summed E-state index contributed by atoms with van der Waals surface area (Å²) >= 11 is 0. The lowest BCUT2D eigenvalue weighted by atomic mass is 10.1. The summed E-state index contributed by atoms with van der Waals surface area (Å²) in [5.74, 6) is -0.189. The Hall–Kier alpha value is -1.22. The fraction of sp³-hybridized carbons (Fsp3) is 0.960. The first-order valence-electron chi connectivity index (χ1n) is 25.5. The van der Waals surface area contributed by atoms with Crippen molar-refractivity contribution in [3.63, 3.8) is 0 Å². The van der Waals surface area contributed by atoms with Crippen molar-refractivity contribution < 1.29 is 23.9 Å². The number of esters is 1. The van der Waals surface area contributed by atoms with Gasteiger partial charge in [-0.05, 0) is 72.3 Å². The minimum atomic E-state index is -0.0949. The lowest BCUT2D eigenvalue weighted by molar-refractivity contribution is -0.191. The van der Waals surface area contributed by atoms with Gasteiger partial charge >= 0.3 is 11.9 Å². The van der Waals surface area contributed by atoms with E-state index in [-0.39, 0.29) is 11.9 Å². The highest BCUT2D eigenvalue weighted by Gasteiger charge is 2.12. The highest BCUT2D eigenvalue weighted by atomic mass is 16.7. The molecule has 0 atom stereocenters. The maximum Gasteiger partial charge on any atom is 0.325 e. The second-order valence-corrected chi connectivity index (χ2v) is 17.6. The molecule has 58 heavy (non-hydrogen) atoms. The standard InChI is InChI=1S/C50H101N3O5/c1-6-9-12-15-18-23-28-33-41-52(42-34-29-24-19-16-13-10-7-2)45-46-56-47-48-57-49(54)38-32-27-22-21-26-31-36-44-53(58-50(55)39-37-40-51(4)5)43-35-30-25-20-17-14-11-8-3/h6-48H2,1-5H3. The molecule has 8 heteroatoms. The first-order chi connectivity index (χ1) is 28.4. The molecule has 0 amide bonds. The third-order valence-corrected chi connectivity index (χ3v) is 11.5. The molecule has 0 spiro atoms. The van der Waals surface area contributed by atoms with E-state index >= 15 is 0 Å². The van der Waals surface area contributed by atoms with Crippen molar-refractivity contribution in [3.05, 3.63) is 0 Å². The predicted molar refractivity (Wildman–Crippen MR) is 248 cm³/mol. The number of ether oxygens (including phenoxy) is 2. The Bertz CT molecular complexity index is 824. The molecule has 0 bridgehead atoms. The Morgan fingerprint density at radius 2 is 0.741 bits per heavy atom. The number of rotatable bonds is 48. The van der Waals surface area contributed by atoms with E-state index in [1.807, 2.05) is 19.2 Å². The van der Waals surface area contributed by atoms with Crippen LogP contribution < -0.4 is 0 Å². The van der Waals surface area contributed by atoms with Gasteiger partial charge in [0, 0.05) is 32.5 Å². The summed E-state index contributed by atoms with van der Waals surface area (Å²) in [4.78, 5) is 35.3. The van der Waals surface area contributed by atoms with Crippen LogP contribution in [0.4, 0.5) is 0 Å². The van der Waals surface area contributed by atoms with Crippen molar-refractivity contribution in [1.82, 2.24) is 14.9 Å². The monoisotopic (exact) mass is 824 g/mol. The van der Waals surface area contributed by atoms with Gasteiger partial charge in [-0.25, -0.2) is 0 Å². The number of carbonyl (C=O) groups is 2. The fourth-order valence-corrected chi connectivity index (χ4v) is 7.65. The fourth-order valence-electron chi connectivity index (χ4n) is 7.65. The van der Waals surface area contributed by atoms with Crippen LogP contribution in [0.25, 0.3) is 0 Å². The Morgan fingerprint density at radius 1 is 0.362 bits per heavy atom. The smallest absolute Gasteiger partial charge is 0.325 e. The topological polar surface area (TPSA) is 71.5 Å². The summed E-state index contributed by atoms with van der Waals surface area (Å²) in [7, 11) is 4.08. The van der Waals surface area contributed by atoms with Crippen molar-refractivity contribution in [2.75, 3.05) is 73.2 Å². The van der Waals surface area contributed by atoms with Gasteiger partial charge in [0.2, 0.25) is 0 Å². The summed E-state index contributed by atoms with van der Waals surface area (Å²) in [6, 6.07) is 0. The van der Waals surface area contributed by atoms with Gasteiger partial charge in [-0.2, -0.15) is 0 Å². The first-order valence-corrected chi connectivity index (χ1v) is 25.5. The molecule has 0 aliphatic heterocycles. The molecule has 0 N–H and O–H groups in total. The lowest BCUT2D eigenvalue weighted by Gasteiger charge is -2.22. The van der Waals surface area contributed by atoms with Crippen LogP contribution in [0.5, 0.6) is 0 Å². The normalized spacial score (nSPS) is 11.7. The van der Waals surface area contributed by atoms with E-state index in [4.69, 9.17) is 14.3 Å². The van der Waals surface area contributed by atoms with Crippen LogP contribution in [-0.4, -0.2) is 100.0 Å². The average Bonchev–Trinajstić information content (AvgIpc) is 3.20. The number of unbranched alkanes of at least 4 members (excludes halogenated alkanes) is 27. The molecule has 0 aromatic carbocycles. The molecule has 0 saturated carbocycles.